The Morgan fingerprint density at radius 3 is 2.24 bits per heavy atom. The van der Waals surface area contributed by atoms with E-state index < -0.39 is 5.25 Å². The lowest BCUT2D eigenvalue weighted by Crippen LogP contribution is -2.19. The predicted molar refractivity (Wildman–Crippen MR) is 137 cm³/mol. The summed E-state index contributed by atoms with van der Waals surface area (Å²) >= 11 is 1.40. The zero-order valence-electron chi connectivity index (χ0n) is 19.7. The average Bonchev–Trinajstić information content (AvgIpc) is 3.28. The van der Waals surface area contributed by atoms with Gasteiger partial charge < -0.3 is 10.1 Å². The quantitative estimate of drug-likeness (QED) is 0.304. The summed E-state index contributed by atoms with van der Waals surface area (Å²) in [7, 11) is 1.64. The number of benzene rings is 3. The third-order valence-electron chi connectivity index (χ3n) is 5.41. The summed E-state index contributed by atoms with van der Waals surface area (Å²) in [4.78, 5) is 13.4. The van der Waals surface area contributed by atoms with Gasteiger partial charge in [-0.1, -0.05) is 59.8 Å². The fourth-order valence-electron chi connectivity index (χ4n) is 3.61. The number of ether oxygens (including phenoxy) is 1. The smallest absolute Gasteiger partial charge is 0.242 e. The topological polar surface area (TPSA) is 69.0 Å². The standard InChI is InChI=1S/C27H28N4O2S/c1-18(2)31-25(21-12-16-23(33-4)17-13-21)29-30-27(31)34-24(20-8-6-5-7-9-20)26(32)28-22-14-10-19(3)11-15-22/h5-18,24H,1-4H3,(H,28,32)/t24-/m0/s1. The number of hydrogen-bond donors (Lipinski definition) is 1. The Balaban J connectivity index is 1.67. The van der Waals surface area contributed by atoms with Crippen molar-refractivity contribution in [2.45, 2.75) is 37.2 Å². The Labute approximate surface area is 204 Å². The Morgan fingerprint density at radius 2 is 1.62 bits per heavy atom. The fourth-order valence-corrected chi connectivity index (χ4v) is 4.78. The SMILES string of the molecule is COc1ccc(-c2nnc(S[C@H](C(=O)Nc3ccc(C)cc3)c3ccccc3)n2C(C)C)cc1. The normalized spacial score (nSPS) is 11.9. The van der Waals surface area contributed by atoms with E-state index in [1.165, 1.54) is 11.8 Å². The monoisotopic (exact) mass is 472 g/mol. The Hall–Kier alpha value is -3.58. The highest BCUT2D eigenvalue weighted by Crippen LogP contribution is 2.38. The molecule has 0 unspecified atom stereocenters. The molecule has 1 atom stereocenters. The van der Waals surface area contributed by atoms with Crippen LogP contribution in [0.5, 0.6) is 5.75 Å². The Bertz CT molecular complexity index is 1240. The second kappa shape index (κ2) is 10.6. The van der Waals surface area contributed by atoms with E-state index in [-0.39, 0.29) is 11.9 Å². The molecule has 0 aliphatic heterocycles. The van der Waals surface area contributed by atoms with Crippen LogP contribution >= 0.6 is 11.8 Å². The van der Waals surface area contributed by atoms with Crippen LogP contribution in [-0.2, 0) is 4.79 Å². The van der Waals surface area contributed by atoms with Crippen molar-refractivity contribution in [3.05, 3.63) is 90.0 Å². The van der Waals surface area contributed by atoms with E-state index >= 15 is 0 Å². The predicted octanol–water partition coefficient (Wildman–Crippen LogP) is 6.32. The summed E-state index contributed by atoms with van der Waals surface area (Å²) in [6.07, 6.45) is 0. The van der Waals surface area contributed by atoms with Crippen LogP contribution in [0.4, 0.5) is 5.69 Å². The molecule has 0 aliphatic rings. The lowest BCUT2D eigenvalue weighted by atomic mass is 10.1. The first kappa shape index (κ1) is 23.6. The molecule has 4 aromatic rings. The highest BCUT2D eigenvalue weighted by Gasteiger charge is 2.27. The first-order chi connectivity index (χ1) is 16.5. The summed E-state index contributed by atoms with van der Waals surface area (Å²) in [5.74, 6) is 1.43. The number of aromatic nitrogens is 3. The molecule has 4 rings (SSSR count). The lowest BCUT2D eigenvalue weighted by Gasteiger charge is -2.19. The fraction of sp³-hybridized carbons (Fsp3) is 0.222. The summed E-state index contributed by atoms with van der Waals surface area (Å²) < 4.78 is 7.35. The molecule has 6 nitrogen and oxygen atoms in total. The van der Waals surface area contributed by atoms with Crippen molar-refractivity contribution in [3.8, 4) is 17.1 Å². The molecule has 174 valence electrons. The average molecular weight is 473 g/mol. The lowest BCUT2D eigenvalue weighted by molar-refractivity contribution is -0.115. The van der Waals surface area contributed by atoms with E-state index in [4.69, 9.17) is 4.74 Å². The van der Waals surface area contributed by atoms with Crippen molar-refractivity contribution in [1.29, 1.82) is 0 Å². The first-order valence-corrected chi connectivity index (χ1v) is 12.0. The molecule has 0 aliphatic carbocycles. The largest absolute Gasteiger partial charge is 0.497 e. The number of nitrogens with zero attached hydrogens (tertiary/aromatic N) is 3. The molecule has 1 aromatic heterocycles. The molecule has 0 radical (unpaired) electrons. The molecule has 1 N–H and O–H groups in total. The van der Waals surface area contributed by atoms with Crippen molar-refractivity contribution in [3.63, 3.8) is 0 Å². The number of thioether (sulfide) groups is 1. The number of nitrogens with one attached hydrogen (secondary N) is 1. The highest BCUT2D eigenvalue weighted by atomic mass is 32.2. The van der Waals surface area contributed by atoms with E-state index in [0.717, 1.165) is 34.0 Å². The van der Waals surface area contributed by atoms with Crippen molar-refractivity contribution < 1.29 is 9.53 Å². The van der Waals surface area contributed by atoms with E-state index in [2.05, 4.69) is 33.9 Å². The number of rotatable bonds is 8. The van der Waals surface area contributed by atoms with E-state index in [1.54, 1.807) is 7.11 Å². The maximum absolute atomic E-state index is 13.4. The number of methoxy groups -OCH3 is 1. The molecule has 0 saturated heterocycles. The van der Waals surface area contributed by atoms with Gasteiger partial charge in [0, 0.05) is 17.3 Å². The summed E-state index contributed by atoms with van der Waals surface area (Å²) in [5.41, 5.74) is 3.75. The van der Waals surface area contributed by atoms with E-state index in [1.807, 2.05) is 85.8 Å². The van der Waals surface area contributed by atoms with Crippen LogP contribution in [0.25, 0.3) is 11.4 Å². The number of amides is 1. The number of carbonyl (C=O) groups excluding carboxylic acids is 1. The van der Waals surface area contributed by atoms with Gasteiger partial charge in [-0.2, -0.15) is 0 Å². The van der Waals surface area contributed by atoms with E-state index in [0.29, 0.717) is 5.16 Å². The van der Waals surface area contributed by atoms with Gasteiger partial charge in [0.25, 0.3) is 0 Å². The Kier molecular flexibility index (Phi) is 7.33. The minimum absolute atomic E-state index is 0.103. The van der Waals surface area contributed by atoms with Gasteiger partial charge in [0.05, 0.1) is 7.11 Å². The molecular weight excluding hydrogens is 444 g/mol. The first-order valence-electron chi connectivity index (χ1n) is 11.1. The molecule has 1 amide bonds. The molecule has 0 saturated carbocycles. The maximum Gasteiger partial charge on any atom is 0.242 e. The number of aryl methyl sites for hydroxylation is 1. The molecule has 34 heavy (non-hydrogen) atoms. The van der Waals surface area contributed by atoms with Gasteiger partial charge in [-0.15, -0.1) is 10.2 Å². The third kappa shape index (κ3) is 5.31. The van der Waals surface area contributed by atoms with Crippen LogP contribution in [0.1, 0.15) is 36.3 Å². The van der Waals surface area contributed by atoms with Gasteiger partial charge in [-0.3, -0.25) is 9.36 Å². The third-order valence-corrected chi connectivity index (χ3v) is 6.62. The van der Waals surface area contributed by atoms with Gasteiger partial charge in [0.15, 0.2) is 11.0 Å². The molecule has 3 aromatic carbocycles. The van der Waals surface area contributed by atoms with Gasteiger partial charge in [0.2, 0.25) is 5.91 Å². The molecule has 0 bridgehead atoms. The van der Waals surface area contributed by atoms with Gasteiger partial charge in [0.1, 0.15) is 11.0 Å². The van der Waals surface area contributed by atoms with Crippen molar-refractivity contribution >= 4 is 23.4 Å². The minimum Gasteiger partial charge on any atom is -0.497 e. The Morgan fingerprint density at radius 1 is 0.941 bits per heavy atom. The maximum atomic E-state index is 13.4. The molecule has 1 heterocycles. The zero-order chi connectivity index (χ0) is 24.1. The summed E-state index contributed by atoms with van der Waals surface area (Å²) in [5, 5.41) is 12.2. The van der Waals surface area contributed by atoms with Crippen LogP contribution < -0.4 is 10.1 Å². The van der Waals surface area contributed by atoms with Crippen molar-refractivity contribution in [1.82, 2.24) is 14.8 Å². The number of hydrogen-bond acceptors (Lipinski definition) is 5. The van der Waals surface area contributed by atoms with Crippen LogP contribution in [0.2, 0.25) is 0 Å². The zero-order valence-corrected chi connectivity index (χ0v) is 20.5. The summed E-state index contributed by atoms with van der Waals surface area (Å²) in [6, 6.07) is 25.4. The number of anilines is 1. The molecule has 7 heteroatoms. The molecule has 0 fully saturated rings. The molecule has 0 spiro atoms. The minimum atomic E-state index is -0.493. The number of carbonyl (C=O) groups is 1. The van der Waals surface area contributed by atoms with Crippen LogP contribution in [0.15, 0.2) is 84.0 Å². The van der Waals surface area contributed by atoms with Crippen LogP contribution in [-0.4, -0.2) is 27.8 Å². The van der Waals surface area contributed by atoms with Crippen LogP contribution in [0.3, 0.4) is 0 Å². The highest BCUT2D eigenvalue weighted by molar-refractivity contribution is 8.00. The van der Waals surface area contributed by atoms with E-state index in [9.17, 15) is 4.79 Å². The van der Waals surface area contributed by atoms with Gasteiger partial charge in [-0.25, -0.2) is 0 Å². The molecular formula is C27H28N4O2S. The van der Waals surface area contributed by atoms with Gasteiger partial charge in [-0.05, 0) is 62.7 Å². The van der Waals surface area contributed by atoms with Gasteiger partial charge >= 0.3 is 0 Å². The van der Waals surface area contributed by atoms with Crippen molar-refractivity contribution in [2.24, 2.45) is 0 Å². The van der Waals surface area contributed by atoms with Crippen molar-refractivity contribution in [2.75, 3.05) is 12.4 Å². The summed E-state index contributed by atoms with van der Waals surface area (Å²) in [6.45, 7) is 6.20. The second-order valence-corrected chi connectivity index (χ2v) is 9.33. The van der Waals surface area contributed by atoms with Crippen LogP contribution in [0, 0.1) is 6.92 Å². The second-order valence-electron chi connectivity index (χ2n) is 8.26.